The zero-order chi connectivity index (χ0) is 30.9. The maximum Gasteiger partial charge on any atom is 0.255 e. The molecule has 4 rings (SSSR count). The Morgan fingerprint density at radius 2 is 0.525 bits per heavy atom. The lowest BCUT2D eigenvalue weighted by atomic mass is 10.3. The van der Waals surface area contributed by atoms with Crippen LogP contribution in [0, 0.1) is 55.4 Å². The van der Waals surface area contributed by atoms with Gasteiger partial charge in [-0.05, 0) is 55.4 Å². The first-order valence-corrected chi connectivity index (χ1v) is 11.8. The number of nitrogen functional groups attached to an aromatic ring is 4. The fourth-order valence-electron chi connectivity index (χ4n) is 2.67. The first-order chi connectivity index (χ1) is 18.4. The highest BCUT2D eigenvalue weighted by molar-refractivity contribution is 5.25. The molecule has 0 unspecified atom stereocenters. The van der Waals surface area contributed by atoms with E-state index in [1.165, 1.54) is 0 Å². The average molecular weight is 557 g/mol. The van der Waals surface area contributed by atoms with E-state index in [0.717, 1.165) is 0 Å². The van der Waals surface area contributed by atoms with E-state index in [1.54, 1.807) is 55.4 Å². The number of aromatic amines is 4. The molecule has 16 heteroatoms. The second kappa shape index (κ2) is 14.0. The summed E-state index contributed by atoms with van der Waals surface area (Å²) in [6.45, 7) is 13.8. The summed E-state index contributed by atoms with van der Waals surface area (Å²) in [7, 11) is 0. The Morgan fingerprint density at radius 1 is 0.375 bits per heavy atom. The molecule has 0 saturated carbocycles. The second-order valence-electron chi connectivity index (χ2n) is 8.65. The lowest BCUT2D eigenvalue weighted by molar-refractivity contribution is 1.04. The maximum atomic E-state index is 10.9. The number of nitrogens with one attached hydrogen (secondary N) is 4. The Balaban J connectivity index is 0.000000267. The quantitative estimate of drug-likeness (QED) is 0.141. The zero-order valence-corrected chi connectivity index (χ0v) is 23.7. The highest BCUT2D eigenvalue weighted by atomic mass is 16.1. The Labute approximate surface area is 228 Å². The predicted octanol–water partition coefficient (Wildman–Crippen LogP) is -0.124. The number of hydrogen-bond donors (Lipinski definition) is 8. The number of aromatic nitrogens is 8. The largest absolute Gasteiger partial charge is 0.369 e. The number of nitrogens with zero attached hydrogens (tertiary/aromatic N) is 4. The van der Waals surface area contributed by atoms with E-state index in [4.69, 9.17) is 22.9 Å². The summed E-state index contributed by atoms with van der Waals surface area (Å²) in [5.74, 6) is 0.697. The van der Waals surface area contributed by atoms with E-state index in [2.05, 4.69) is 39.9 Å². The minimum absolute atomic E-state index is 0.162. The molecule has 0 radical (unpaired) electrons. The third kappa shape index (κ3) is 9.55. The Morgan fingerprint density at radius 3 is 0.650 bits per heavy atom. The molecule has 16 nitrogen and oxygen atoms in total. The van der Waals surface area contributed by atoms with Crippen LogP contribution in [0.1, 0.15) is 45.0 Å². The number of hydrogen-bond acceptors (Lipinski definition) is 12. The lowest BCUT2D eigenvalue weighted by Crippen LogP contribution is -2.15. The van der Waals surface area contributed by atoms with Crippen LogP contribution in [-0.4, -0.2) is 39.9 Å². The van der Waals surface area contributed by atoms with Crippen LogP contribution in [0.3, 0.4) is 0 Å². The molecule has 0 atom stereocenters. The topological polar surface area (TPSA) is 287 Å². The van der Waals surface area contributed by atoms with Gasteiger partial charge in [-0.1, -0.05) is 0 Å². The van der Waals surface area contributed by atoms with Crippen LogP contribution < -0.4 is 45.2 Å². The highest BCUT2D eigenvalue weighted by Crippen LogP contribution is 1.98. The van der Waals surface area contributed by atoms with Crippen molar-refractivity contribution in [3.63, 3.8) is 0 Å². The van der Waals surface area contributed by atoms with Crippen molar-refractivity contribution in [2.45, 2.75) is 55.4 Å². The number of anilines is 4. The normalized spacial score (nSPS) is 9.80. The summed E-state index contributed by atoms with van der Waals surface area (Å²) in [5.41, 5.74) is 25.6. The average Bonchev–Trinajstić information content (AvgIpc) is 2.84. The third-order valence-electron chi connectivity index (χ3n) is 5.65. The van der Waals surface area contributed by atoms with Gasteiger partial charge in [-0.25, -0.2) is 19.9 Å². The maximum absolute atomic E-state index is 10.9. The van der Waals surface area contributed by atoms with Crippen molar-refractivity contribution in [2.24, 2.45) is 0 Å². The van der Waals surface area contributed by atoms with E-state index in [1.807, 2.05) is 0 Å². The van der Waals surface area contributed by atoms with Gasteiger partial charge >= 0.3 is 0 Å². The molecule has 4 aromatic rings. The molecule has 0 aromatic carbocycles. The fraction of sp³-hybridized carbons (Fsp3) is 0.333. The van der Waals surface area contributed by atoms with Crippen LogP contribution in [0.2, 0.25) is 0 Å². The monoisotopic (exact) mass is 556 g/mol. The van der Waals surface area contributed by atoms with Crippen LogP contribution in [0.15, 0.2) is 19.2 Å². The lowest BCUT2D eigenvalue weighted by Gasteiger charge is -1.97. The van der Waals surface area contributed by atoms with Gasteiger partial charge in [-0.3, -0.25) is 39.1 Å². The van der Waals surface area contributed by atoms with Crippen LogP contribution in [0.4, 0.5) is 23.8 Å². The minimum atomic E-state index is -0.162. The molecular formula is C24H36N12O4. The number of aryl methyl sites for hydroxylation is 4. The van der Waals surface area contributed by atoms with Gasteiger partial charge in [0.25, 0.3) is 22.2 Å². The van der Waals surface area contributed by atoms with Gasteiger partial charge < -0.3 is 22.9 Å². The zero-order valence-electron chi connectivity index (χ0n) is 23.7. The molecule has 0 spiro atoms. The number of H-pyrrole nitrogens is 4. The molecule has 0 bridgehead atoms. The van der Waals surface area contributed by atoms with Gasteiger partial charge in [0.05, 0.1) is 0 Å². The molecule has 216 valence electrons. The molecule has 0 saturated heterocycles. The van der Waals surface area contributed by atoms with Gasteiger partial charge in [0, 0.05) is 45.0 Å². The number of rotatable bonds is 0. The number of nitrogens with two attached hydrogens (primary N) is 4. The van der Waals surface area contributed by atoms with Crippen LogP contribution >= 0.6 is 0 Å². The van der Waals surface area contributed by atoms with Gasteiger partial charge in [-0.2, -0.15) is 0 Å². The third-order valence-corrected chi connectivity index (χ3v) is 5.65. The van der Waals surface area contributed by atoms with E-state index < -0.39 is 0 Å². The van der Waals surface area contributed by atoms with Crippen molar-refractivity contribution in [3.05, 3.63) is 86.4 Å². The van der Waals surface area contributed by atoms with Crippen LogP contribution in [-0.2, 0) is 0 Å². The second-order valence-corrected chi connectivity index (χ2v) is 8.65. The van der Waals surface area contributed by atoms with Crippen molar-refractivity contribution in [1.82, 2.24) is 39.9 Å². The van der Waals surface area contributed by atoms with Crippen LogP contribution in [0.25, 0.3) is 0 Å². The first kappa shape index (κ1) is 32.7. The molecule has 0 aliphatic heterocycles. The molecule has 0 fully saturated rings. The SMILES string of the molecule is Cc1nc(N)[nH]c(=O)c1C.Cc1nc(N)[nH]c(=O)c1C.Cc1nc(N)[nH]c(=O)c1C.Cc1nc(N)[nH]c(=O)c1C. The van der Waals surface area contributed by atoms with Crippen molar-refractivity contribution < 1.29 is 0 Å². The van der Waals surface area contributed by atoms with E-state index in [0.29, 0.717) is 45.0 Å². The van der Waals surface area contributed by atoms with Crippen molar-refractivity contribution in [1.29, 1.82) is 0 Å². The van der Waals surface area contributed by atoms with Crippen molar-refractivity contribution in [2.75, 3.05) is 22.9 Å². The van der Waals surface area contributed by atoms with Crippen molar-refractivity contribution in [3.8, 4) is 0 Å². The highest BCUT2D eigenvalue weighted by Gasteiger charge is 2.01. The summed E-state index contributed by atoms with van der Waals surface area (Å²) >= 11 is 0. The molecule has 0 aliphatic rings. The van der Waals surface area contributed by atoms with Crippen LogP contribution in [0.5, 0.6) is 0 Å². The summed E-state index contributed by atoms with van der Waals surface area (Å²) < 4.78 is 0. The first-order valence-electron chi connectivity index (χ1n) is 11.8. The standard InChI is InChI=1S/4C6H9N3O/c4*1-3-4(2)8-6(7)9-5(3)10/h4*1-2H3,(H3,7,8,9,10). The Hall–Kier alpha value is -5.28. The molecule has 0 amide bonds. The Bertz CT molecular complexity index is 1460. The van der Waals surface area contributed by atoms with Gasteiger partial charge in [0.15, 0.2) is 0 Å². The van der Waals surface area contributed by atoms with Gasteiger partial charge in [0.2, 0.25) is 23.8 Å². The fourth-order valence-corrected chi connectivity index (χ4v) is 2.67. The van der Waals surface area contributed by atoms with E-state index >= 15 is 0 Å². The summed E-state index contributed by atoms with van der Waals surface area (Å²) in [4.78, 5) is 68.5. The summed E-state index contributed by atoms with van der Waals surface area (Å²) in [6.07, 6.45) is 0. The molecule has 0 aliphatic carbocycles. The molecular weight excluding hydrogens is 520 g/mol. The molecule has 4 aromatic heterocycles. The smallest absolute Gasteiger partial charge is 0.255 e. The predicted molar refractivity (Wildman–Crippen MR) is 155 cm³/mol. The summed E-state index contributed by atoms with van der Waals surface area (Å²) in [5, 5.41) is 0. The minimum Gasteiger partial charge on any atom is -0.369 e. The molecule has 4 heterocycles. The molecule has 40 heavy (non-hydrogen) atoms. The van der Waals surface area contributed by atoms with Crippen molar-refractivity contribution >= 4 is 23.8 Å². The van der Waals surface area contributed by atoms with Gasteiger partial charge in [0.1, 0.15) is 0 Å². The Kier molecular flexibility index (Phi) is 11.5. The summed E-state index contributed by atoms with van der Waals surface area (Å²) in [6, 6.07) is 0. The van der Waals surface area contributed by atoms with E-state index in [9.17, 15) is 19.2 Å². The molecule has 12 N–H and O–H groups in total. The van der Waals surface area contributed by atoms with Gasteiger partial charge in [-0.15, -0.1) is 0 Å². The van der Waals surface area contributed by atoms with E-state index in [-0.39, 0.29) is 46.0 Å².